The summed E-state index contributed by atoms with van der Waals surface area (Å²) in [5, 5.41) is 0. The molecule has 6 nitrogen and oxygen atoms in total. The van der Waals surface area contributed by atoms with Crippen LogP contribution in [0.5, 0.6) is 0 Å². The van der Waals surface area contributed by atoms with Gasteiger partial charge in [0, 0.05) is 44.7 Å². The average molecular weight is 393 g/mol. The van der Waals surface area contributed by atoms with E-state index in [0.29, 0.717) is 13.1 Å². The minimum atomic E-state index is -0.182. The van der Waals surface area contributed by atoms with Crippen LogP contribution in [0.15, 0.2) is 30.5 Å². The summed E-state index contributed by atoms with van der Waals surface area (Å²) in [6, 6.07) is 8.12. The third kappa shape index (κ3) is 3.88. The van der Waals surface area contributed by atoms with E-state index in [2.05, 4.69) is 24.0 Å². The van der Waals surface area contributed by atoms with Gasteiger partial charge in [-0.25, -0.2) is 9.97 Å². The fraction of sp³-hybridized carbons (Fsp3) is 0.478. The molecule has 2 aliphatic heterocycles. The standard InChI is InChI=1S/C23H28N4O2/c1-15-6-8-18(9-7-15)16(2)23(29)27-11-4-5-21(27)22-24-13-19-14-26(17(3)28)12-10-20(19)25-22/h6-9,13,16,21H,4-5,10-12,14H2,1-3H3/t16-,21-/m0/s1. The first-order valence-corrected chi connectivity index (χ1v) is 10.4. The number of nitrogens with zero attached hydrogens (tertiary/aromatic N) is 4. The smallest absolute Gasteiger partial charge is 0.230 e. The number of aryl methyl sites for hydroxylation is 1. The predicted octanol–water partition coefficient (Wildman–Crippen LogP) is 3.16. The molecule has 0 spiro atoms. The highest BCUT2D eigenvalue weighted by Gasteiger charge is 2.35. The number of hydrogen-bond acceptors (Lipinski definition) is 4. The molecule has 4 rings (SSSR count). The number of hydrogen-bond donors (Lipinski definition) is 0. The van der Waals surface area contributed by atoms with Gasteiger partial charge >= 0.3 is 0 Å². The van der Waals surface area contributed by atoms with Gasteiger partial charge in [0.1, 0.15) is 0 Å². The summed E-state index contributed by atoms with van der Waals surface area (Å²) >= 11 is 0. The predicted molar refractivity (Wildman–Crippen MR) is 110 cm³/mol. The van der Waals surface area contributed by atoms with Crippen LogP contribution in [-0.4, -0.2) is 44.7 Å². The number of carbonyl (C=O) groups excluding carboxylic acids is 2. The van der Waals surface area contributed by atoms with E-state index >= 15 is 0 Å². The second-order valence-corrected chi connectivity index (χ2v) is 8.21. The molecule has 0 saturated carbocycles. The summed E-state index contributed by atoms with van der Waals surface area (Å²) in [6.07, 6.45) is 4.45. The molecule has 3 heterocycles. The van der Waals surface area contributed by atoms with Gasteiger partial charge in [0.2, 0.25) is 11.8 Å². The van der Waals surface area contributed by atoms with Gasteiger partial charge in [-0.05, 0) is 32.3 Å². The molecule has 0 unspecified atom stereocenters. The second kappa shape index (κ2) is 7.93. The maximum atomic E-state index is 13.2. The number of aromatic nitrogens is 2. The van der Waals surface area contributed by atoms with E-state index in [-0.39, 0.29) is 23.8 Å². The average Bonchev–Trinajstić information content (AvgIpc) is 3.22. The first-order chi connectivity index (χ1) is 13.9. The normalized spacial score (nSPS) is 19.8. The molecule has 2 aliphatic rings. The molecule has 1 aromatic carbocycles. The second-order valence-electron chi connectivity index (χ2n) is 8.21. The first kappa shape index (κ1) is 19.6. The molecular weight excluding hydrogens is 364 g/mol. The van der Waals surface area contributed by atoms with Gasteiger partial charge in [-0.1, -0.05) is 29.8 Å². The van der Waals surface area contributed by atoms with Crippen molar-refractivity contribution in [3.8, 4) is 0 Å². The maximum absolute atomic E-state index is 13.2. The van der Waals surface area contributed by atoms with Gasteiger partial charge in [-0.3, -0.25) is 9.59 Å². The maximum Gasteiger partial charge on any atom is 0.230 e. The molecule has 1 fully saturated rings. The highest BCUT2D eigenvalue weighted by molar-refractivity contribution is 5.84. The van der Waals surface area contributed by atoms with Crippen LogP contribution in [0.4, 0.5) is 0 Å². The molecule has 0 N–H and O–H groups in total. The Hall–Kier alpha value is -2.76. The van der Waals surface area contributed by atoms with Crippen LogP contribution in [0.2, 0.25) is 0 Å². The third-order valence-corrected chi connectivity index (χ3v) is 6.18. The summed E-state index contributed by atoms with van der Waals surface area (Å²) < 4.78 is 0. The van der Waals surface area contributed by atoms with Crippen LogP contribution in [0.3, 0.4) is 0 Å². The van der Waals surface area contributed by atoms with Crippen molar-refractivity contribution in [1.82, 2.24) is 19.8 Å². The molecule has 1 aromatic heterocycles. The molecule has 152 valence electrons. The fourth-order valence-electron chi connectivity index (χ4n) is 4.31. The molecule has 0 aliphatic carbocycles. The van der Waals surface area contributed by atoms with E-state index < -0.39 is 0 Å². The number of amides is 2. The number of carbonyl (C=O) groups is 2. The monoisotopic (exact) mass is 392 g/mol. The SMILES string of the molecule is CC(=O)N1CCc2nc([C@@H]3CCCN3C(=O)[C@@H](C)c3ccc(C)cc3)ncc2C1. The molecule has 0 bridgehead atoms. The number of fused-ring (bicyclic) bond motifs is 1. The van der Waals surface area contributed by atoms with Gasteiger partial charge < -0.3 is 9.80 Å². The van der Waals surface area contributed by atoms with Crippen LogP contribution < -0.4 is 0 Å². The lowest BCUT2D eigenvalue weighted by Gasteiger charge is -2.29. The van der Waals surface area contributed by atoms with E-state index in [1.807, 2.05) is 35.1 Å². The lowest BCUT2D eigenvalue weighted by atomic mass is 9.98. The van der Waals surface area contributed by atoms with Gasteiger partial charge in [0.05, 0.1) is 17.7 Å². The zero-order valence-electron chi connectivity index (χ0n) is 17.4. The summed E-state index contributed by atoms with van der Waals surface area (Å²) in [4.78, 5) is 38.1. The highest BCUT2D eigenvalue weighted by atomic mass is 16.2. The first-order valence-electron chi connectivity index (χ1n) is 10.4. The van der Waals surface area contributed by atoms with Crippen LogP contribution in [0.1, 0.15) is 66.9 Å². The number of rotatable bonds is 3. The Balaban J connectivity index is 1.53. The number of likely N-dealkylation sites (tertiary alicyclic amines) is 1. The molecule has 2 amide bonds. The Bertz CT molecular complexity index is 925. The molecule has 2 aromatic rings. The van der Waals surface area contributed by atoms with Crippen molar-refractivity contribution in [1.29, 1.82) is 0 Å². The molecule has 0 radical (unpaired) electrons. The van der Waals surface area contributed by atoms with Crippen molar-refractivity contribution in [2.24, 2.45) is 0 Å². The van der Waals surface area contributed by atoms with Crippen molar-refractivity contribution in [2.45, 2.75) is 58.5 Å². The van der Waals surface area contributed by atoms with Gasteiger partial charge in [0.25, 0.3) is 0 Å². The summed E-state index contributed by atoms with van der Waals surface area (Å²) in [5.41, 5.74) is 4.26. The van der Waals surface area contributed by atoms with E-state index in [1.165, 1.54) is 5.56 Å². The summed E-state index contributed by atoms with van der Waals surface area (Å²) in [5.74, 6) is 0.776. The molecule has 1 saturated heterocycles. The van der Waals surface area contributed by atoms with E-state index in [0.717, 1.165) is 48.5 Å². The Labute approximate surface area is 172 Å². The lowest BCUT2D eigenvalue weighted by molar-refractivity contribution is -0.133. The van der Waals surface area contributed by atoms with E-state index in [4.69, 9.17) is 4.98 Å². The Morgan fingerprint density at radius 2 is 1.93 bits per heavy atom. The minimum Gasteiger partial charge on any atom is -0.338 e. The van der Waals surface area contributed by atoms with Crippen LogP contribution in [-0.2, 0) is 22.6 Å². The molecule has 6 heteroatoms. The molecule has 2 atom stereocenters. The quantitative estimate of drug-likeness (QED) is 0.805. The summed E-state index contributed by atoms with van der Waals surface area (Å²) in [7, 11) is 0. The van der Waals surface area contributed by atoms with Gasteiger partial charge in [0.15, 0.2) is 5.82 Å². The third-order valence-electron chi connectivity index (χ3n) is 6.18. The van der Waals surface area contributed by atoms with Gasteiger partial charge in [-0.2, -0.15) is 0 Å². The Kier molecular flexibility index (Phi) is 5.35. The summed E-state index contributed by atoms with van der Waals surface area (Å²) in [6.45, 7) is 7.64. The molecule has 29 heavy (non-hydrogen) atoms. The Morgan fingerprint density at radius 1 is 1.17 bits per heavy atom. The van der Waals surface area contributed by atoms with Crippen molar-refractivity contribution >= 4 is 11.8 Å². The van der Waals surface area contributed by atoms with E-state index in [1.54, 1.807) is 6.92 Å². The highest BCUT2D eigenvalue weighted by Crippen LogP contribution is 2.33. The number of benzene rings is 1. The largest absolute Gasteiger partial charge is 0.338 e. The van der Waals surface area contributed by atoms with Crippen molar-refractivity contribution < 1.29 is 9.59 Å². The van der Waals surface area contributed by atoms with E-state index in [9.17, 15) is 9.59 Å². The minimum absolute atomic E-state index is 0.0634. The topological polar surface area (TPSA) is 66.4 Å². The van der Waals surface area contributed by atoms with Crippen molar-refractivity contribution in [3.05, 3.63) is 58.7 Å². The van der Waals surface area contributed by atoms with Crippen molar-refractivity contribution in [3.63, 3.8) is 0 Å². The Morgan fingerprint density at radius 3 is 2.66 bits per heavy atom. The molecular formula is C23H28N4O2. The zero-order chi connectivity index (χ0) is 20.5. The van der Waals surface area contributed by atoms with Gasteiger partial charge in [-0.15, -0.1) is 0 Å². The fourth-order valence-corrected chi connectivity index (χ4v) is 4.31. The van der Waals surface area contributed by atoms with Crippen LogP contribution in [0, 0.1) is 6.92 Å². The van der Waals surface area contributed by atoms with Crippen LogP contribution >= 0.6 is 0 Å². The zero-order valence-corrected chi connectivity index (χ0v) is 17.4. The lowest BCUT2D eigenvalue weighted by Crippen LogP contribution is -2.36. The van der Waals surface area contributed by atoms with Crippen LogP contribution in [0.25, 0.3) is 0 Å². The van der Waals surface area contributed by atoms with Crippen molar-refractivity contribution in [2.75, 3.05) is 13.1 Å².